The van der Waals surface area contributed by atoms with Gasteiger partial charge in [-0.15, -0.1) is 0 Å². The van der Waals surface area contributed by atoms with Crippen molar-refractivity contribution in [3.8, 4) is 17.2 Å². The molecule has 2 amide bonds. The summed E-state index contributed by atoms with van der Waals surface area (Å²) in [6.45, 7) is 9.64. The number of carbonyl (C=O) groups excluding carboxylic acids is 2. The predicted octanol–water partition coefficient (Wildman–Crippen LogP) is 4.37. The monoisotopic (exact) mass is 470 g/mol. The molecule has 7 nitrogen and oxygen atoms in total. The van der Waals surface area contributed by atoms with E-state index in [2.05, 4.69) is 5.32 Å². The first-order valence-electron chi connectivity index (χ1n) is 12.0. The van der Waals surface area contributed by atoms with Crippen LogP contribution < -0.4 is 19.5 Å². The maximum absolute atomic E-state index is 13.3. The van der Waals surface area contributed by atoms with Crippen LogP contribution in [0.4, 0.5) is 0 Å². The van der Waals surface area contributed by atoms with Gasteiger partial charge in [0.15, 0.2) is 11.5 Å². The van der Waals surface area contributed by atoms with Crippen LogP contribution in [0.5, 0.6) is 17.2 Å². The van der Waals surface area contributed by atoms with Crippen LogP contribution >= 0.6 is 0 Å². The van der Waals surface area contributed by atoms with E-state index in [0.29, 0.717) is 44.2 Å². The number of hydrogen-bond acceptors (Lipinski definition) is 5. The van der Waals surface area contributed by atoms with Gasteiger partial charge in [-0.2, -0.15) is 0 Å². The number of nitrogens with zero attached hydrogens (tertiary/aromatic N) is 1. The molecule has 0 saturated carbocycles. The van der Waals surface area contributed by atoms with Crippen LogP contribution in [-0.4, -0.2) is 49.6 Å². The second kappa shape index (κ2) is 14.1. The van der Waals surface area contributed by atoms with Gasteiger partial charge in [-0.25, -0.2) is 0 Å². The zero-order valence-corrected chi connectivity index (χ0v) is 21.1. The Bertz CT molecular complexity index is 914. The molecule has 7 heteroatoms. The Morgan fingerprint density at radius 3 is 2.21 bits per heavy atom. The lowest BCUT2D eigenvalue weighted by Gasteiger charge is -2.29. The van der Waals surface area contributed by atoms with Crippen molar-refractivity contribution >= 4 is 11.8 Å². The Labute approximate surface area is 203 Å². The minimum absolute atomic E-state index is 0.0817. The summed E-state index contributed by atoms with van der Waals surface area (Å²) in [7, 11) is 1.61. The topological polar surface area (TPSA) is 77.1 Å². The molecule has 0 unspecified atom stereocenters. The number of ether oxygens (including phenoxy) is 3. The van der Waals surface area contributed by atoms with Crippen LogP contribution in [0.1, 0.15) is 51.7 Å². The first kappa shape index (κ1) is 27.0. The van der Waals surface area contributed by atoms with Crippen LogP contribution in [0.3, 0.4) is 0 Å². The van der Waals surface area contributed by atoms with E-state index in [4.69, 9.17) is 14.2 Å². The van der Waals surface area contributed by atoms with Crippen molar-refractivity contribution in [2.24, 2.45) is 0 Å². The third kappa shape index (κ3) is 7.97. The number of methoxy groups -OCH3 is 1. The summed E-state index contributed by atoms with van der Waals surface area (Å²) < 4.78 is 16.6. The molecule has 1 atom stereocenters. The van der Waals surface area contributed by atoms with Crippen molar-refractivity contribution in [1.29, 1.82) is 0 Å². The fourth-order valence-corrected chi connectivity index (χ4v) is 3.55. The number of nitrogens with one attached hydrogen (secondary N) is 1. The molecule has 0 heterocycles. The highest BCUT2D eigenvalue weighted by molar-refractivity contribution is 5.87. The summed E-state index contributed by atoms with van der Waals surface area (Å²) in [5, 5.41) is 2.90. The van der Waals surface area contributed by atoms with Crippen LogP contribution in [-0.2, 0) is 22.6 Å². The fourth-order valence-electron chi connectivity index (χ4n) is 3.55. The molecule has 0 aliphatic rings. The van der Waals surface area contributed by atoms with Gasteiger partial charge in [0.1, 0.15) is 11.8 Å². The van der Waals surface area contributed by atoms with E-state index >= 15 is 0 Å². The minimum atomic E-state index is -0.583. The number of carbonyl (C=O) groups is 2. The molecular weight excluding hydrogens is 432 g/mol. The van der Waals surface area contributed by atoms with Gasteiger partial charge in [0.05, 0.1) is 20.3 Å². The van der Waals surface area contributed by atoms with Gasteiger partial charge >= 0.3 is 0 Å². The standard InChI is InChI=1S/C27H38N2O5/c1-6-17-28-27(31)20(4)29(19-22-9-13-23(32-5)14-10-22)26(30)16-12-21-11-15-24(33-7-2)25(18-21)34-8-3/h9-11,13-15,18,20H,6-8,12,16-17,19H2,1-5H3,(H,28,31)/t20-/m1/s1. The average Bonchev–Trinajstić information content (AvgIpc) is 2.85. The number of hydrogen-bond donors (Lipinski definition) is 1. The highest BCUT2D eigenvalue weighted by atomic mass is 16.5. The molecule has 0 aliphatic heterocycles. The van der Waals surface area contributed by atoms with Crippen LogP contribution in [0.2, 0.25) is 0 Å². The van der Waals surface area contributed by atoms with Crippen LogP contribution in [0.15, 0.2) is 42.5 Å². The summed E-state index contributed by atoms with van der Waals surface area (Å²) >= 11 is 0. The van der Waals surface area contributed by atoms with E-state index in [1.165, 1.54) is 0 Å². The Balaban J connectivity index is 2.16. The molecule has 2 aromatic rings. The summed E-state index contributed by atoms with van der Waals surface area (Å²) in [4.78, 5) is 27.6. The Hall–Kier alpha value is -3.22. The molecule has 0 radical (unpaired) electrons. The molecule has 0 aliphatic carbocycles. The first-order valence-corrected chi connectivity index (χ1v) is 12.0. The third-order valence-corrected chi connectivity index (χ3v) is 5.46. The molecule has 0 aromatic heterocycles. The lowest BCUT2D eigenvalue weighted by atomic mass is 10.1. The quantitative estimate of drug-likeness (QED) is 0.444. The molecule has 1 N–H and O–H groups in total. The normalized spacial score (nSPS) is 11.4. The number of amides is 2. The number of benzene rings is 2. The highest BCUT2D eigenvalue weighted by Crippen LogP contribution is 2.29. The van der Waals surface area contributed by atoms with E-state index in [-0.39, 0.29) is 18.2 Å². The Morgan fingerprint density at radius 2 is 1.59 bits per heavy atom. The van der Waals surface area contributed by atoms with Crippen LogP contribution in [0.25, 0.3) is 0 Å². The van der Waals surface area contributed by atoms with E-state index in [1.54, 1.807) is 18.9 Å². The molecule has 0 spiro atoms. The average molecular weight is 471 g/mol. The second-order valence-corrected chi connectivity index (χ2v) is 7.98. The van der Waals surface area contributed by atoms with Gasteiger partial charge in [-0.1, -0.05) is 25.1 Å². The SMILES string of the molecule is CCCNC(=O)[C@@H](C)N(Cc1ccc(OC)cc1)C(=O)CCc1ccc(OCC)c(OCC)c1. The fraction of sp³-hybridized carbons (Fsp3) is 0.481. The summed E-state index contributed by atoms with van der Waals surface area (Å²) in [6.07, 6.45) is 1.65. The van der Waals surface area contributed by atoms with Crippen molar-refractivity contribution in [3.63, 3.8) is 0 Å². The lowest BCUT2D eigenvalue weighted by Crippen LogP contribution is -2.47. The van der Waals surface area contributed by atoms with Gasteiger partial charge in [0.25, 0.3) is 0 Å². The smallest absolute Gasteiger partial charge is 0.242 e. The molecule has 0 fully saturated rings. The summed E-state index contributed by atoms with van der Waals surface area (Å²) in [5.74, 6) is 1.89. The van der Waals surface area contributed by atoms with Crippen molar-refractivity contribution in [3.05, 3.63) is 53.6 Å². The number of aryl methyl sites for hydroxylation is 1. The molecule has 0 bridgehead atoms. The van der Waals surface area contributed by atoms with E-state index in [1.807, 2.05) is 63.2 Å². The largest absolute Gasteiger partial charge is 0.497 e. The second-order valence-electron chi connectivity index (χ2n) is 7.98. The Morgan fingerprint density at radius 1 is 0.941 bits per heavy atom. The third-order valence-electron chi connectivity index (χ3n) is 5.46. The first-order chi connectivity index (χ1) is 16.4. The predicted molar refractivity (Wildman–Crippen MR) is 133 cm³/mol. The summed E-state index contributed by atoms with van der Waals surface area (Å²) in [6, 6.07) is 12.7. The molecule has 0 saturated heterocycles. The molecule has 186 valence electrons. The van der Waals surface area contributed by atoms with Crippen molar-refractivity contribution in [2.75, 3.05) is 26.9 Å². The molecule has 2 aromatic carbocycles. The van der Waals surface area contributed by atoms with Gasteiger partial charge in [0.2, 0.25) is 11.8 Å². The van der Waals surface area contributed by atoms with E-state index in [0.717, 1.165) is 23.3 Å². The van der Waals surface area contributed by atoms with Crippen molar-refractivity contribution in [1.82, 2.24) is 10.2 Å². The zero-order valence-electron chi connectivity index (χ0n) is 21.1. The zero-order chi connectivity index (χ0) is 24.9. The van der Waals surface area contributed by atoms with E-state index < -0.39 is 6.04 Å². The summed E-state index contributed by atoms with van der Waals surface area (Å²) in [5.41, 5.74) is 1.91. The lowest BCUT2D eigenvalue weighted by molar-refractivity contribution is -0.140. The molecule has 34 heavy (non-hydrogen) atoms. The highest BCUT2D eigenvalue weighted by Gasteiger charge is 2.25. The maximum atomic E-state index is 13.3. The molecule has 2 rings (SSSR count). The van der Waals surface area contributed by atoms with E-state index in [9.17, 15) is 9.59 Å². The van der Waals surface area contributed by atoms with Crippen LogP contribution in [0, 0.1) is 0 Å². The van der Waals surface area contributed by atoms with Gasteiger partial charge in [-0.05, 0) is 69.0 Å². The van der Waals surface area contributed by atoms with Crippen molar-refractivity contribution in [2.45, 2.75) is 59.5 Å². The van der Waals surface area contributed by atoms with Gasteiger partial charge in [-0.3, -0.25) is 9.59 Å². The van der Waals surface area contributed by atoms with Gasteiger partial charge < -0.3 is 24.4 Å². The Kier molecular flexibility index (Phi) is 11.2. The number of rotatable bonds is 14. The minimum Gasteiger partial charge on any atom is -0.497 e. The molecular formula is C27H38N2O5. The van der Waals surface area contributed by atoms with Crippen molar-refractivity contribution < 1.29 is 23.8 Å². The van der Waals surface area contributed by atoms with Gasteiger partial charge in [0, 0.05) is 19.5 Å². The maximum Gasteiger partial charge on any atom is 0.242 e.